The molecule has 1 aromatic carbocycles. The van der Waals surface area contributed by atoms with Gasteiger partial charge in [0, 0.05) is 5.02 Å². The topological polar surface area (TPSA) is 54.0 Å². The minimum Gasteiger partial charge on any atom is -0.308 e. The van der Waals surface area contributed by atoms with Crippen LogP contribution in [0.2, 0.25) is 5.02 Å². The second kappa shape index (κ2) is 6.07. The zero-order valence-electron chi connectivity index (χ0n) is 10.4. The van der Waals surface area contributed by atoms with Crippen molar-refractivity contribution in [3.8, 4) is 0 Å². The predicted octanol–water partition coefficient (Wildman–Crippen LogP) is 4.14. The van der Waals surface area contributed by atoms with Gasteiger partial charge in [0.25, 0.3) is 5.91 Å². The quantitative estimate of drug-likeness (QED) is 0.680. The highest BCUT2D eigenvalue weighted by Crippen LogP contribution is 2.28. The number of aromatic nitrogens is 1. The number of nitrogens with zero attached hydrogens (tertiary/aromatic N) is 1. The van der Waals surface area contributed by atoms with Gasteiger partial charge in [-0.05, 0) is 41.9 Å². The van der Waals surface area contributed by atoms with Crippen LogP contribution in [0.3, 0.4) is 0 Å². The van der Waals surface area contributed by atoms with Crippen molar-refractivity contribution in [1.29, 1.82) is 0 Å². The first-order chi connectivity index (χ1) is 10.1. The van der Waals surface area contributed by atoms with E-state index in [1.807, 2.05) is 23.6 Å². The lowest BCUT2D eigenvalue weighted by Crippen LogP contribution is -2.33. The molecule has 3 rings (SSSR count). The van der Waals surface area contributed by atoms with Crippen LogP contribution < -0.4 is 10.6 Å². The van der Waals surface area contributed by atoms with Gasteiger partial charge in [-0.3, -0.25) is 10.1 Å². The standard InChI is InChI=1S/C13H8ClN3OS3/c14-7-3-4-8-10(6-7)21-13(15-8)17-12(19)16-11(18)9-2-1-5-20-9/h1-6H,(H2,15,16,17,18,19). The first kappa shape index (κ1) is 14.4. The molecule has 0 fully saturated rings. The van der Waals surface area contributed by atoms with E-state index in [9.17, 15) is 4.79 Å². The summed E-state index contributed by atoms with van der Waals surface area (Å²) in [4.78, 5) is 16.8. The summed E-state index contributed by atoms with van der Waals surface area (Å²) in [5.74, 6) is -0.230. The number of anilines is 1. The number of hydrogen-bond donors (Lipinski definition) is 2. The zero-order chi connectivity index (χ0) is 14.8. The number of rotatable bonds is 2. The third-order valence-electron chi connectivity index (χ3n) is 2.54. The highest BCUT2D eigenvalue weighted by molar-refractivity contribution is 7.80. The second-order valence-corrected chi connectivity index (χ2v) is 6.84. The number of thiocarbonyl (C=S) groups is 1. The third kappa shape index (κ3) is 3.38. The van der Waals surface area contributed by atoms with Gasteiger partial charge in [-0.25, -0.2) is 4.98 Å². The SMILES string of the molecule is O=C(NC(=S)Nc1nc2ccc(Cl)cc2s1)c1cccs1. The lowest BCUT2D eigenvalue weighted by Gasteiger charge is -2.05. The summed E-state index contributed by atoms with van der Waals surface area (Å²) < 4.78 is 0.956. The zero-order valence-corrected chi connectivity index (χ0v) is 13.6. The fraction of sp³-hybridized carbons (Fsp3) is 0. The summed E-state index contributed by atoms with van der Waals surface area (Å²) in [7, 11) is 0. The van der Waals surface area contributed by atoms with Crippen LogP contribution in [0.1, 0.15) is 9.67 Å². The predicted molar refractivity (Wildman–Crippen MR) is 92.6 cm³/mol. The molecule has 3 aromatic rings. The molecule has 0 bridgehead atoms. The van der Waals surface area contributed by atoms with E-state index in [1.165, 1.54) is 22.7 Å². The van der Waals surface area contributed by atoms with Crippen molar-refractivity contribution in [1.82, 2.24) is 10.3 Å². The average Bonchev–Trinajstić information content (AvgIpc) is 3.06. The van der Waals surface area contributed by atoms with E-state index in [1.54, 1.807) is 12.1 Å². The summed E-state index contributed by atoms with van der Waals surface area (Å²) in [6.45, 7) is 0. The minimum absolute atomic E-state index is 0.221. The molecule has 0 aliphatic carbocycles. The van der Waals surface area contributed by atoms with Crippen LogP contribution in [0.15, 0.2) is 35.7 Å². The Balaban J connectivity index is 1.70. The molecule has 2 aromatic heterocycles. The van der Waals surface area contributed by atoms with Gasteiger partial charge in [-0.2, -0.15) is 0 Å². The van der Waals surface area contributed by atoms with Gasteiger partial charge in [-0.1, -0.05) is 29.0 Å². The Morgan fingerprint density at radius 2 is 2.19 bits per heavy atom. The largest absolute Gasteiger partial charge is 0.308 e. The maximum Gasteiger partial charge on any atom is 0.267 e. The van der Waals surface area contributed by atoms with Crippen LogP contribution in [-0.4, -0.2) is 16.0 Å². The van der Waals surface area contributed by atoms with Crippen LogP contribution in [0.4, 0.5) is 5.13 Å². The maximum absolute atomic E-state index is 11.9. The van der Waals surface area contributed by atoms with Gasteiger partial charge in [0.05, 0.1) is 15.1 Å². The van der Waals surface area contributed by atoms with Crippen molar-refractivity contribution in [2.45, 2.75) is 0 Å². The smallest absolute Gasteiger partial charge is 0.267 e. The number of fused-ring (bicyclic) bond motifs is 1. The number of nitrogens with one attached hydrogen (secondary N) is 2. The average molecular weight is 354 g/mol. The molecule has 2 heterocycles. The van der Waals surface area contributed by atoms with E-state index in [2.05, 4.69) is 15.6 Å². The minimum atomic E-state index is -0.230. The molecule has 0 saturated carbocycles. The fourth-order valence-electron chi connectivity index (χ4n) is 1.65. The number of amides is 1. The number of carbonyl (C=O) groups excluding carboxylic acids is 1. The van der Waals surface area contributed by atoms with Crippen molar-refractivity contribution in [3.63, 3.8) is 0 Å². The van der Waals surface area contributed by atoms with Crippen molar-refractivity contribution < 1.29 is 4.79 Å². The monoisotopic (exact) mass is 353 g/mol. The van der Waals surface area contributed by atoms with Gasteiger partial charge in [-0.15, -0.1) is 11.3 Å². The molecular formula is C13H8ClN3OS3. The molecule has 0 aliphatic rings. The molecular weight excluding hydrogens is 346 g/mol. The van der Waals surface area contributed by atoms with Crippen LogP contribution in [0.5, 0.6) is 0 Å². The van der Waals surface area contributed by atoms with E-state index in [0.717, 1.165) is 10.2 Å². The molecule has 0 saturated heterocycles. The highest BCUT2D eigenvalue weighted by atomic mass is 35.5. The summed E-state index contributed by atoms with van der Waals surface area (Å²) in [5, 5.41) is 8.86. The first-order valence-corrected chi connectivity index (χ1v) is 8.32. The van der Waals surface area contributed by atoms with Crippen LogP contribution in [0, 0.1) is 0 Å². The number of thiazole rings is 1. The van der Waals surface area contributed by atoms with Crippen molar-refractivity contribution in [3.05, 3.63) is 45.6 Å². The van der Waals surface area contributed by atoms with Gasteiger partial charge in [0.2, 0.25) is 0 Å². The van der Waals surface area contributed by atoms with Crippen LogP contribution >= 0.6 is 46.5 Å². The first-order valence-electron chi connectivity index (χ1n) is 5.84. The summed E-state index contributed by atoms with van der Waals surface area (Å²) >= 11 is 13.8. The van der Waals surface area contributed by atoms with Gasteiger partial charge < -0.3 is 5.32 Å². The second-order valence-electron chi connectivity index (χ2n) is 4.02. The van der Waals surface area contributed by atoms with Crippen molar-refractivity contribution in [2.24, 2.45) is 0 Å². The third-order valence-corrected chi connectivity index (χ3v) is 4.78. The molecule has 2 N–H and O–H groups in total. The molecule has 0 radical (unpaired) electrons. The van der Waals surface area contributed by atoms with E-state index >= 15 is 0 Å². The summed E-state index contributed by atoms with van der Waals surface area (Å²) in [6.07, 6.45) is 0. The van der Waals surface area contributed by atoms with Crippen molar-refractivity contribution >= 4 is 72.9 Å². The Bertz CT molecular complexity index is 813. The van der Waals surface area contributed by atoms with E-state index < -0.39 is 0 Å². The van der Waals surface area contributed by atoms with Crippen LogP contribution in [-0.2, 0) is 0 Å². The number of thiophene rings is 1. The lowest BCUT2D eigenvalue weighted by molar-refractivity contribution is 0.0981. The highest BCUT2D eigenvalue weighted by Gasteiger charge is 2.10. The molecule has 106 valence electrons. The molecule has 4 nitrogen and oxygen atoms in total. The summed E-state index contributed by atoms with van der Waals surface area (Å²) in [5.41, 5.74) is 0.833. The van der Waals surface area contributed by atoms with Gasteiger partial charge in [0.15, 0.2) is 10.2 Å². The molecule has 0 unspecified atom stereocenters. The molecule has 21 heavy (non-hydrogen) atoms. The Kier molecular flexibility index (Phi) is 4.16. The molecule has 0 aliphatic heterocycles. The van der Waals surface area contributed by atoms with E-state index in [0.29, 0.717) is 15.0 Å². The summed E-state index contributed by atoms with van der Waals surface area (Å²) in [6, 6.07) is 9.01. The Morgan fingerprint density at radius 3 is 2.95 bits per heavy atom. The molecule has 1 amide bonds. The maximum atomic E-state index is 11.9. The molecule has 8 heteroatoms. The molecule has 0 atom stereocenters. The fourth-order valence-corrected chi connectivity index (χ4v) is 3.67. The Hall–Kier alpha value is -1.54. The van der Waals surface area contributed by atoms with Crippen molar-refractivity contribution in [2.75, 3.05) is 5.32 Å². The number of carbonyl (C=O) groups is 1. The van der Waals surface area contributed by atoms with Crippen LogP contribution in [0.25, 0.3) is 10.2 Å². The van der Waals surface area contributed by atoms with E-state index in [-0.39, 0.29) is 11.0 Å². The number of halogens is 1. The van der Waals surface area contributed by atoms with Gasteiger partial charge >= 0.3 is 0 Å². The lowest BCUT2D eigenvalue weighted by atomic mass is 10.3. The Morgan fingerprint density at radius 1 is 1.33 bits per heavy atom. The Labute approximate surface area is 138 Å². The van der Waals surface area contributed by atoms with E-state index in [4.69, 9.17) is 23.8 Å². The number of benzene rings is 1. The normalized spacial score (nSPS) is 10.5. The molecule has 0 spiro atoms. The van der Waals surface area contributed by atoms with Gasteiger partial charge in [0.1, 0.15) is 0 Å². The number of hydrogen-bond acceptors (Lipinski definition) is 5.